The van der Waals surface area contributed by atoms with Crippen molar-refractivity contribution < 1.29 is 9.21 Å². The number of amides is 1. The number of furan rings is 1. The minimum Gasteiger partial charge on any atom is -0.468 e. The summed E-state index contributed by atoms with van der Waals surface area (Å²) >= 11 is 0. The van der Waals surface area contributed by atoms with Crippen LogP contribution in [0, 0.1) is 6.92 Å². The quantitative estimate of drug-likeness (QED) is 0.881. The first-order chi connectivity index (χ1) is 10.3. The summed E-state index contributed by atoms with van der Waals surface area (Å²) in [5.41, 5.74) is 1.37. The molecule has 6 heteroatoms. The van der Waals surface area contributed by atoms with E-state index in [1.165, 1.54) is 12.8 Å². The van der Waals surface area contributed by atoms with Crippen LogP contribution in [0.3, 0.4) is 0 Å². The van der Waals surface area contributed by atoms with Crippen LogP contribution < -0.4 is 5.32 Å². The van der Waals surface area contributed by atoms with E-state index in [2.05, 4.69) is 20.4 Å². The molecule has 2 aromatic heterocycles. The lowest BCUT2D eigenvalue weighted by atomic mass is 10.2. The summed E-state index contributed by atoms with van der Waals surface area (Å²) in [6.45, 7) is 4.47. The largest absolute Gasteiger partial charge is 0.468 e. The molecule has 0 saturated carbocycles. The Morgan fingerprint density at radius 3 is 2.95 bits per heavy atom. The fourth-order valence-electron chi connectivity index (χ4n) is 2.81. The van der Waals surface area contributed by atoms with E-state index in [9.17, 15) is 4.79 Å². The Morgan fingerprint density at radius 2 is 2.33 bits per heavy atom. The standard InChI is InChI=1S/C15H20N4O2/c1-11-12(9-17-18-11)15(20)16-10-13(14-5-4-8-21-14)19-6-2-3-7-19/h4-5,8-9,13H,2-3,6-7,10H2,1H3,(H,16,20)(H,17,18). The SMILES string of the molecule is Cc1[nH]ncc1C(=O)NCC(c1ccco1)N1CCCC1. The highest BCUT2D eigenvalue weighted by Gasteiger charge is 2.26. The number of aromatic nitrogens is 2. The van der Waals surface area contributed by atoms with Crippen LogP contribution in [-0.2, 0) is 0 Å². The van der Waals surface area contributed by atoms with E-state index in [1.807, 2.05) is 19.1 Å². The van der Waals surface area contributed by atoms with Crippen LogP contribution in [0.4, 0.5) is 0 Å². The lowest BCUT2D eigenvalue weighted by Crippen LogP contribution is -2.36. The lowest BCUT2D eigenvalue weighted by Gasteiger charge is -2.25. The Kier molecular flexibility index (Phi) is 4.06. The number of likely N-dealkylation sites (tertiary alicyclic amines) is 1. The minimum atomic E-state index is -0.1000. The van der Waals surface area contributed by atoms with Gasteiger partial charge in [-0.1, -0.05) is 0 Å². The third kappa shape index (κ3) is 3.00. The van der Waals surface area contributed by atoms with Crippen molar-refractivity contribution in [2.45, 2.75) is 25.8 Å². The highest BCUT2D eigenvalue weighted by atomic mass is 16.3. The van der Waals surface area contributed by atoms with E-state index in [0.717, 1.165) is 24.5 Å². The van der Waals surface area contributed by atoms with Gasteiger partial charge in [0.05, 0.1) is 24.1 Å². The molecule has 3 rings (SSSR count). The molecule has 0 radical (unpaired) electrons. The molecular weight excluding hydrogens is 268 g/mol. The molecule has 1 aliphatic heterocycles. The molecule has 112 valence electrons. The van der Waals surface area contributed by atoms with Gasteiger partial charge in [-0.2, -0.15) is 5.10 Å². The molecule has 3 heterocycles. The number of nitrogens with zero attached hydrogens (tertiary/aromatic N) is 2. The van der Waals surface area contributed by atoms with Gasteiger partial charge in [0.15, 0.2) is 0 Å². The molecule has 6 nitrogen and oxygen atoms in total. The average Bonchev–Trinajstić information content (AvgIpc) is 3.21. The van der Waals surface area contributed by atoms with E-state index in [4.69, 9.17) is 4.42 Å². The maximum Gasteiger partial charge on any atom is 0.254 e. The average molecular weight is 288 g/mol. The fourth-order valence-corrected chi connectivity index (χ4v) is 2.81. The molecule has 1 atom stereocenters. The number of hydrogen-bond acceptors (Lipinski definition) is 4. The van der Waals surface area contributed by atoms with Crippen molar-refractivity contribution in [1.82, 2.24) is 20.4 Å². The number of rotatable bonds is 5. The van der Waals surface area contributed by atoms with Crippen LogP contribution in [-0.4, -0.2) is 40.6 Å². The number of nitrogens with one attached hydrogen (secondary N) is 2. The molecular formula is C15H20N4O2. The number of aromatic amines is 1. The van der Waals surface area contributed by atoms with Crippen molar-refractivity contribution in [1.29, 1.82) is 0 Å². The van der Waals surface area contributed by atoms with Gasteiger partial charge in [0, 0.05) is 12.2 Å². The summed E-state index contributed by atoms with van der Waals surface area (Å²) in [4.78, 5) is 14.6. The van der Waals surface area contributed by atoms with Crippen LogP contribution >= 0.6 is 0 Å². The number of carbonyl (C=O) groups excluding carboxylic acids is 1. The molecule has 0 aliphatic carbocycles. The molecule has 2 aromatic rings. The predicted molar refractivity (Wildman–Crippen MR) is 77.9 cm³/mol. The Balaban J connectivity index is 1.67. The van der Waals surface area contributed by atoms with Crippen molar-refractivity contribution in [3.8, 4) is 0 Å². The monoisotopic (exact) mass is 288 g/mol. The molecule has 1 amide bonds. The van der Waals surface area contributed by atoms with Gasteiger partial charge < -0.3 is 9.73 Å². The first-order valence-electron chi connectivity index (χ1n) is 7.31. The zero-order valence-electron chi connectivity index (χ0n) is 12.1. The second-order valence-corrected chi connectivity index (χ2v) is 5.39. The molecule has 0 aromatic carbocycles. The Hall–Kier alpha value is -2.08. The summed E-state index contributed by atoms with van der Waals surface area (Å²) in [5, 5.41) is 9.65. The van der Waals surface area contributed by atoms with E-state index in [0.29, 0.717) is 12.1 Å². The van der Waals surface area contributed by atoms with Gasteiger partial charge in [-0.15, -0.1) is 0 Å². The molecule has 1 saturated heterocycles. The summed E-state index contributed by atoms with van der Waals surface area (Å²) in [7, 11) is 0. The molecule has 1 aliphatic rings. The maximum absolute atomic E-state index is 12.2. The van der Waals surface area contributed by atoms with E-state index >= 15 is 0 Å². The van der Waals surface area contributed by atoms with Crippen LogP contribution in [0.15, 0.2) is 29.0 Å². The summed E-state index contributed by atoms with van der Waals surface area (Å²) < 4.78 is 5.54. The first kappa shape index (κ1) is 13.9. The molecule has 1 unspecified atom stereocenters. The fraction of sp³-hybridized carbons (Fsp3) is 0.467. The Labute approximate surface area is 123 Å². The zero-order chi connectivity index (χ0) is 14.7. The van der Waals surface area contributed by atoms with Crippen molar-refractivity contribution in [3.63, 3.8) is 0 Å². The normalized spacial score (nSPS) is 17.0. The van der Waals surface area contributed by atoms with E-state index in [-0.39, 0.29) is 11.9 Å². The number of H-pyrrole nitrogens is 1. The molecule has 0 spiro atoms. The topological polar surface area (TPSA) is 74.2 Å². The van der Waals surface area contributed by atoms with Crippen LogP contribution in [0.5, 0.6) is 0 Å². The zero-order valence-corrected chi connectivity index (χ0v) is 12.1. The highest BCUT2D eigenvalue weighted by Crippen LogP contribution is 2.24. The third-order valence-electron chi connectivity index (χ3n) is 3.98. The van der Waals surface area contributed by atoms with Gasteiger partial charge in [-0.25, -0.2) is 0 Å². The van der Waals surface area contributed by atoms with Gasteiger partial charge in [-0.05, 0) is 45.0 Å². The second kappa shape index (κ2) is 6.13. The minimum absolute atomic E-state index is 0.0960. The van der Waals surface area contributed by atoms with E-state index in [1.54, 1.807) is 12.5 Å². The predicted octanol–water partition coefficient (Wildman–Crippen LogP) is 1.88. The summed E-state index contributed by atoms with van der Waals surface area (Å²) in [5.74, 6) is 0.804. The highest BCUT2D eigenvalue weighted by molar-refractivity contribution is 5.94. The van der Waals surface area contributed by atoms with Gasteiger partial charge in [0.25, 0.3) is 5.91 Å². The van der Waals surface area contributed by atoms with Crippen LogP contribution in [0.1, 0.15) is 40.7 Å². The number of hydrogen-bond donors (Lipinski definition) is 2. The molecule has 1 fully saturated rings. The summed E-state index contributed by atoms with van der Waals surface area (Å²) in [6.07, 6.45) is 5.64. The first-order valence-corrected chi connectivity index (χ1v) is 7.31. The van der Waals surface area contributed by atoms with Gasteiger partial charge in [0.1, 0.15) is 5.76 Å². The van der Waals surface area contributed by atoms with Crippen molar-refractivity contribution in [2.24, 2.45) is 0 Å². The lowest BCUT2D eigenvalue weighted by molar-refractivity contribution is 0.0933. The third-order valence-corrected chi connectivity index (χ3v) is 3.98. The van der Waals surface area contributed by atoms with Crippen molar-refractivity contribution in [3.05, 3.63) is 41.6 Å². The van der Waals surface area contributed by atoms with Gasteiger partial charge >= 0.3 is 0 Å². The maximum atomic E-state index is 12.2. The van der Waals surface area contributed by atoms with Crippen molar-refractivity contribution in [2.75, 3.05) is 19.6 Å². The van der Waals surface area contributed by atoms with Crippen LogP contribution in [0.25, 0.3) is 0 Å². The van der Waals surface area contributed by atoms with E-state index < -0.39 is 0 Å². The molecule has 2 N–H and O–H groups in total. The molecule has 21 heavy (non-hydrogen) atoms. The second-order valence-electron chi connectivity index (χ2n) is 5.39. The molecule has 0 bridgehead atoms. The summed E-state index contributed by atoms with van der Waals surface area (Å²) in [6, 6.07) is 3.96. The van der Waals surface area contributed by atoms with Gasteiger partial charge in [-0.3, -0.25) is 14.8 Å². The van der Waals surface area contributed by atoms with Crippen LogP contribution in [0.2, 0.25) is 0 Å². The Morgan fingerprint density at radius 1 is 1.52 bits per heavy atom. The van der Waals surface area contributed by atoms with Crippen molar-refractivity contribution >= 4 is 5.91 Å². The number of aryl methyl sites for hydroxylation is 1. The van der Waals surface area contributed by atoms with Gasteiger partial charge in [0.2, 0.25) is 0 Å². The Bertz CT molecular complexity index is 585. The number of carbonyl (C=O) groups is 1. The smallest absolute Gasteiger partial charge is 0.254 e.